The van der Waals surface area contributed by atoms with Crippen LogP contribution in [0.3, 0.4) is 0 Å². The first-order valence-electron chi connectivity index (χ1n) is 4.00. The summed E-state index contributed by atoms with van der Waals surface area (Å²) in [6.07, 6.45) is -0.219. The van der Waals surface area contributed by atoms with Gasteiger partial charge in [0.1, 0.15) is 7.89 Å². The Balaban J connectivity index is 2.91. The van der Waals surface area contributed by atoms with Crippen LogP contribution in [0.2, 0.25) is 0 Å². The van der Waals surface area contributed by atoms with Crippen molar-refractivity contribution in [2.24, 2.45) is 5.73 Å². The Kier molecular flexibility index (Phi) is 4.61. The molecule has 0 aromatic heterocycles. The summed E-state index contributed by atoms with van der Waals surface area (Å²) in [5.74, 6) is 0.465. The van der Waals surface area contributed by atoms with Crippen LogP contribution in [0.4, 0.5) is 4.79 Å². The highest BCUT2D eigenvalue weighted by atomic mass is 80.0. The van der Waals surface area contributed by atoms with Crippen LogP contribution < -0.4 is 10.5 Å². The number of rotatable bonds is 2. The van der Waals surface area contributed by atoms with Crippen LogP contribution in [-0.2, 0) is 6.42 Å². The van der Waals surface area contributed by atoms with Gasteiger partial charge in [-0.05, 0) is 11.6 Å². The summed E-state index contributed by atoms with van der Waals surface area (Å²) in [7, 11) is 0. The maximum atomic E-state index is 10.7. The van der Waals surface area contributed by atoms with Crippen LogP contribution in [0, 0.1) is 0 Å². The van der Waals surface area contributed by atoms with E-state index in [1.54, 1.807) is 12.1 Å². The highest BCUT2D eigenvalue weighted by Gasteiger charge is 2.20. The molecule has 0 atom stereocenters. The summed E-state index contributed by atoms with van der Waals surface area (Å²) in [5, 5.41) is 0. The van der Waals surface area contributed by atoms with E-state index >= 15 is 0 Å². The Morgan fingerprint density at radius 2 is 1.93 bits per heavy atom. The van der Waals surface area contributed by atoms with Crippen molar-refractivity contribution in [3.63, 3.8) is 0 Å². The van der Waals surface area contributed by atoms with Crippen molar-refractivity contribution in [1.82, 2.24) is 0 Å². The number of halogens is 3. The third kappa shape index (κ3) is 4.99. The number of ether oxygens (including phenoxy) is 1. The predicted molar refractivity (Wildman–Crippen MR) is 69.9 cm³/mol. The van der Waals surface area contributed by atoms with E-state index in [2.05, 4.69) is 47.8 Å². The third-order valence-electron chi connectivity index (χ3n) is 1.57. The number of carbonyl (C=O) groups excluding carboxylic acids is 1. The molecule has 15 heavy (non-hydrogen) atoms. The lowest BCUT2D eigenvalue weighted by molar-refractivity contribution is 0.210. The molecular weight excluding hydrogens is 394 g/mol. The fourth-order valence-corrected chi connectivity index (χ4v) is 1.98. The van der Waals surface area contributed by atoms with Gasteiger partial charge in [0.25, 0.3) is 0 Å². The van der Waals surface area contributed by atoms with Gasteiger partial charge in [0.2, 0.25) is 0 Å². The summed E-state index contributed by atoms with van der Waals surface area (Å²) >= 11 is 10.1. The molecule has 0 bridgehead atoms. The van der Waals surface area contributed by atoms with Gasteiger partial charge in [0, 0.05) is 6.42 Å². The van der Waals surface area contributed by atoms with Crippen LogP contribution in [0.15, 0.2) is 24.3 Å². The Morgan fingerprint density at radius 3 is 2.47 bits per heavy atom. The predicted octanol–water partition coefficient (Wildman–Crippen LogP) is 3.53. The minimum atomic E-state index is -0.813. The van der Waals surface area contributed by atoms with Crippen LogP contribution in [0.25, 0.3) is 0 Å². The fraction of sp³-hybridized carbons (Fsp3) is 0.222. The normalized spacial score (nSPS) is 11.1. The van der Waals surface area contributed by atoms with Crippen molar-refractivity contribution < 1.29 is 9.53 Å². The number of carbonyl (C=O) groups is 1. The Morgan fingerprint density at radius 1 is 1.33 bits per heavy atom. The third-order valence-corrected chi connectivity index (χ3v) is 2.42. The molecular formula is C9H8Br3NO2. The van der Waals surface area contributed by atoms with Crippen molar-refractivity contribution >= 4 is 53.9 Å². The van der Waals surface area contributed by atoms with Gasteiger partial charge in [-0.3, -0.25) is 0 Å². The molecule has 0 aliphatic rings. The first-order valence-corrected chi connectivity index (χ1v) is 6.38. The topological polar surface area (TPSA) is 52.3 Å². The SMILES string of the molecule is NC(=O)Oc1ccccc1CC(Br)(Br)Br. The van der Waals surface area contributed by atoms with Gasteiger partial charge in [-0.25, -0.2) is 4.79 Å². The summed E-state index contributed by atoms with van der Waals surface area (Å²) in [4.78, 5) is 10.7. The Labute approximate surface area is 113 Å². The molecule has 6 heteroatoms. The maximum absolute atomic E-state index is 10.7. The molecule has 0 heterocycles. The highest BCUT2D eigenvalue weighted by molar-refractivity contribution is 9.39. The second-order valence-corrected chi connectivity index (χ2v) is 10.1. The first-order chi connectivity index (χ1) is 6.88. The average molecular weight is 402 g/mol. The largest absolute Gasteiger partial charge is 0.410 e. The smallest absolute Gasteiger partial charge is 0.409 e. The molecule has 0 saturated heterocycles. The molecule has 0 saturated carbocycles. The number of nitrogens with two attached hydrogens (primary N) is 1. The molecule has 1 aromatic rings. The number of hydrogen-bond acceptors (Lipinski definition) is 2. The molecule has 1 rings (SSSR count). The molecule has 1 amide bonds. The van der Waals surface area contributed by atoms with Crippen molar-refractivity contribution in [2.75, 3.05) is 0 Å². The van der Waals surface area contributed by atoms with Crippen LogP contribution in [-0.4, -0.2) is 8.24 Å². The van der Waals surface area contributed by atoms with E-state index in [4.69, 9.17) is 10.5 Å². The minimum absolute atomic E-state index is 0.413. The van der Waals surface area contributed by atoms with Crippen LogP contribution in [0.5, 0.6) is 5.75 Å². The lowest BCUT2D eigenvalue weighted by Crippen LogP contribution is -2.18. The molecule has 0 aliphatic heterocycles. The molecule has 1 aromatic carbocycles. The number of alkyl halides is 3. The monoisotopic (exact) mass is 399 g/mol. The molecule has 3 nitrogen and oxygen atoms in total. The van der Waals surface area contributed by atoms with Crippen LogP contribution in [0.1, 0.15) is 5.56 Å². The van der Waals surface area contributed by atoms with Crippen molar-refractivity contribution in [2.45, 2.75) is 8.56 Å². The van der Waals surface area contributed by atoms with Gasteiger partial charge in [-0.15, -0.1) is 0 Å². The van der Waals surface area contributed by atoms with E-state index in [0.29, 0.717) is 12.2 Å². The van der Waals surface area contributed by atoms with E-state index in [1.165, 1.54) is 0 Å². The van der Waals surface area contributed by atoms with Crippen molar-refractivity contribution in [3.8, 4) is 5.75 Å². The molecule has 0 fully saturated rings. The zero-order valence-corrected chi connectivity index (χ0v) is 12.3. The quantitative estimate of drug-likeness (QED) is 0.771. The van der Waals surface area contributed by atoms with Gasteiger partial charge in [-0.1, -0.05) is 66.0 Å². The molecule has 0 aliphatic carbocycles. The Hall–Kier alpha value is -0.0700. The second kappa shape index (κ2) is 5.32. The van der Waals surface area contributed by atoms with E-state index in [0.717, 1.165) is 5.56 Å². The lowest BCUT2D eigenvalue weighted by atomic mass is 10.1. The fourth-order valence-electron chi connectivity index (χ4n) is 1.07. The highest BCUT2D eigenvalue weighted by Crippen LogP contribution is 2.38. The average Bonchev–Trinajstić information content (AvgIpc) is 2.05. The number of primary amides is 1. The zero-order chi connectivity index (χ0) is 11.5. The summed E-state index contributed by atoms with van der Waals surface area (Å²) in [6.45, 7) is 0. The number of hydrogen-bond donors (Lipinski definition) is 1. The maximum Gasteiger partial charge on any atom is 0.409 e. The second-order valence-electron chi connectivity index (χ2n) is 2.82. The van der Waals surface area contributed by atoms with Crippen LogP contribution >= 0.6 is 47.8 Å². The summed E-state index contributed by atoms with van der Waals surface area (Å²) in [5.41, 5.74) is 5.82. The minimum Gasteiger partial charge on any atom is -0.410 e. The van der Waals surface area contributed by atoms with E-state index in [9.17, 15) is 4.79 Å². The first kappa shape index (κ1) is 13.0. The van der Waals surface area contributed by atoms with Crippen molar-refractivity contribution in [3.05, 3.63) is 29.8 Å². The molecule has 0 radical (unpaired) electrons. The Bertz CT molecular complexity index is 363. The summed E-state index contributed by atoms with van der Waals surface area (Å²) in [6, 6.07) is 7.19. The number of benzene rings is 1. The standard InChI is InChI=1S/C9H8Br3NO2/c10-9(11,12)5-6-3-1-2-4-7(6)15-8(13)14/h1-4H,5H2,(H2,13,14). The molecule has 2 N–H and O–H groups in total. The van der Waals surface area contributed by atoms with Gasteiger partial charge in [0.15, 0.2) is 0 Å². The van der Waals surface area contributed by atoms with Gasteiger partial charge >= 0.3 is 6.09 Å². The summed E-state index contributed by atoms with van der Waals surface area (Å²) < 4.78 is 4.46. The molecule has 82 valence electrons. The van der Waals surface area contributed by atoms with E-state index < -0.39 is 8.24 Å². The number of amides is 1. The number of para-hydroxylation sites is 1. The van der Waals surface area contributed by atoms with Gasteiger partial charge in [0.05, 0.1) is 0 Å². The van der Waals surface area contributed by atoms with E-state index in [-0.39, 0.29) is 0 Å². The van der Waals surface area contributed by atoms with Gasteiger partial charge < -0.3 is 10.5 Å². The van der Waals surface area contributed by atoms with E-state index in [1.807, 2.05) is 12.1 Å². The lowest BCUT2D eigenvalue weighted by Gasteiger charge is -2.14. The van der Waals surface area contributed by atoms with Gasteiger partial charge in [-0.2, -0.15) is 0 Å². The van der Waals surface area contributed by atoms with Crippen molar-refractivity contribution in [1.29, 1.82) is 0 Å². The zero-order valence-electron chi connectivity index (χ0n) is 7.54. The molecule has 0 spiro atoms. The molecule has 0 unspecified atom stereocenters.